The van der Waals surface area contributed by atoms with Crippen LogP contribution >= 0.6 is 0 Å². The van der Waals surface area contributed by atoms with Crippen molar-refractivity contribution >= 4 is 11.9 Å². The minimum absolute atomic E-state index is 0.0549. The number of benzene rings is 1. The van der Waals surface area contributed by atoms with Gasteiger partial charge in [-0.05, 0) is 63.6 Å². The molecule has 0 aliphatic carbocycles. The summed E-state index contributed by atoms with van der Waals surface area (Å²) in [5.74, 6) is 0.123. The summed E-state index contributed by atoms with van der Waals surface area (Å²) in [4.78, 5) is 25.1. The van der Waals surface area contributed by atoms with E-state index in [0.29, 0.717) is 6.42 Å². The third-order valence-corrected chi connectivity index (χ3v) is 5.16. The molecule has 0 fully saturated rings. The molecule has 6 heteroatoms. The van der Waals surface area contributed by atoms with Crippen LogP contribution in [0.3, 0.4) is 0 Å². The van der Waals surface area contributed by atoms with E-state index in [4.69, 9.17) is 19.3 Å². The Labute approximate surface area is 168 Å². The maximum atomic E-state index is 12.7. The lowest BCUT2D eigenvalue weighted by molar-refractivity contribution is -0.162. The summed E-state index contributed by atoms with van der Waals surface area (Å²) in [6.07, 6.45) is 1.66. The van der Waals surface area contributed by atoms with Crippen molar-refractivity contribution in [2.75, 3.05) is 27.4 Å². The van der Waals surface area contributed by atoms with E-state index in [9.17, 15) is 9.59 Å². The third-order valence-electron chi connectivity index (χ3n) is 5.16. The highest BCUT2D eigenvalue weighted by molar-refractivity contribution is 5.80. The van der Waals surface area contributed by atoms with Gasteiger partial charge in [0.2, 0.25) is 0 Å². The maximum absolute atomic E-state index is 12.7. The number of hydrogen-bond acceptors (Lipinski definition) is 6. The van der Waals surface area contributed by atoms with E-state index in [2.05, 4.69) is 6.92 Å². The fourth-order valence-corrected chi connectivity index (χ4v) is 3.77. The van der Waals surface area contributed by atoms with E-state index in [1.807, 2.05) is 31.2 Å². The molecule has 0 heterocycles. The van der Waals surface area contributed by atoms with Crippen molar-refractivity contribution < 1.29 is 28.9 Å². The quantitative estimate of drug-likeness (QED) is 0.576. The van der Waals surface area contributed by atoms with Crippen LogP contribution in [0.15, 0.2) is 24.3 Å². The lowest BCUT2D eigenvalue weighted by Crippen LogP contribution is -2.39. The van der Waals surface area contributed by atoms with Gasteiger partial charge < -0.3 is 19.3 Å². The monoisotopic (exact) mass is 394 g/mol. The summed E-state index contributed by atoms with van der Waals surface area (Å²) < 4.78 is 15.4. The zero-order chi connectivity index (χ0) is 21.4. The number of rotatable bonds is 11. The SMILES string of the molecule is CCC(CC(C)(CC(C)(C)C(=O)OCCO)C(=O)OC)c1ccc(OC)cc1. The standard InChI is InChI=1S/C22H34O6/c1-7-16(17-8-10-18(26-5)11-9-17)14-22(4,20(25)27-6)15-21(2,3)19(24)28-13-12-23/h8-11,16,23H,7,12-15H2,1-6H3. The molecule has 0 bridgehead atoms. The van der Waals surface area contributed by atoms with Gasteiger partial charge in [0.25, 0.3) is 0 Å². The normalized spacial score (nSPS) is 14.7. The third kappa shape index (κ3) is 6.23. The molecule has 0 spiro atoms. The lowest BCUT2D eigenvalue weighted by Gasteiger charge is -2.36. The van der Waals surface area contributed by atoms with Crippen LogP contribution in [-0.2, 0) is 19.1 Å². The molecule has 0 aliphatic heterocycles. The van der Waals surface area contributed by atoms with Gasteiger partial charge in [-0.3, -0.25) is 9.59 Å². The first kappa shape index (κ1) is 24.0. The van der Waals surface area contributed by atoms with Gasteiger partial charge in [0.05, 0.1) is 31.7 Å². The van der Waals surface area contributed by atoms with Crippen LogP contribution in [0.4, 0.5) is 0 Å². The van der Waals surface area contributed by atoms with E-state index in [1.165, 1.54) is 7.11 Å². The summed E-state index contributed by atoms with van der Waals surface area (Å²) in [6.45, 7) is 7.13. The maximum Gasteiger partial charge on any atom is 0.311 e. The second kappa shape index (κ2) is 10.5. The Balaban J connectivity index is 3.09. The second-order valence-corrected chi connectivity index (χ2v) is 8.05. The van der Waals surface area contributed by atoms with Crippen LogP contribution in [0.25, 0.3) is 0 Å². The first-order chi connectivity index (χ1) is 13.1. The summed E-state index contributed by atoms with van der Waals surface area (Å²) in [5, 5.41) is 8.89. The molecule has 0 saturated carbocycles. The Morgan fingerprint density at radius 1 is 1.07 bits per heavy atom. The number of aliphatic hydroxyl groups excluding tert-OH is 1. The fourth-order valence-electron chi connectivity index (χ4n) is 3.77. The van der Waals surface area contributed by atoms with E-state index in [1.54, 1.807) is 21.0 Å². The summed E-state index contributed by atoms with van der Waals surface area (Å²) >= 11 is 0. The molecular formula is C22H34O6. The number of esters is 2. The van der Waals surface area contributed by atoms with Crippen LogP contribution in [-0.4, -0.2) is 44.5 Å². The first-order valence-corrected chi connectivity index (χ1v) is 9.64. The molecule has 2 atom stereocenters. The van der Waals surface area contributed by atoms with E-state index in [-0.39, 0.29) is 31.5 Å². The van der Waals surface area contributed by atoms with Gasteiger partial charge in [-0.15, -0.1) is 0 Å². The molecule has 0 aromatic heterocycles. The molecule has 0 saturated heterocycles. The van der Waals surface area contributed by atoms with Crippen molar-refractivity contribution in [1.82, 2.24) is 0 Å². The lowest BCUT2D eigenvalue weighted by atomic mass is 9.68. The van der Waals surface area contributed by atoms with Gasteiger partial charge in [0.1, 0.15) is 12.4 Å². The summed E-state index contributed by atoms with van der Waals surface area (Å²) in [7, 11) is 2.99. The topological polar surface area (TPSA) is 82.1 Å². The van der Waals surface area contributed by atoms with Gasteiger partial charge in [-0.1, -0.05) is 19.1 Å². The highest BCUT2D eigenvalue weighted by Crippen LogP contribution is 2.43. The fraction of sp³-hybridized carbons (Fsp3) is 0.636. The average Bonchev–Trinajstić information content (AvgIpc) is 2.69. The van der Waals surface area contributed by atoms with Crippen molar-refractivity contribution in [3.05, 3.63) is 29.8 Å². The molecule has 1 N–H and O–H groups in total. The Morgan fingerprint density at radius 3 is 2.14 bits per heavy atom. The molecule has 2 unspecified atom stereocenters. The van der Waals surface area contributed by atoms with Gasteiger partial charge in [0.15, 0.2) is 0 Å². The highest BCUT2D eigenvalue weighted by atomic mass is 16.5. The van der Waals surface area contributed by atoms with Crippen molar-refractivity contribution in [3.63, 3.8) is 0 Å². The molecule has 6 nitrogen and oxygen atoms in total. The van der Waals surface area contributed by atoms with Crippen LogP contribution < -0.4 is 4.74 Å². The molecular weight excluding hydrogens is 360 g/mol. The number of carbonyl (C=O) groups excluding carboxylic acids is 2. The smallest absolute Gasteiger partial charge is 0.311 e. The molecule has 28 heavy (non-hydrogen) atoms. The van der Waals surface area contributed by atoms with Gasteiger partial charge in [-0.25, -0.2) is 0 Å². The van der Waals surface area contributed by atoms with Gasteiger partial charge >= 0.3 is 11.9 Å². The molecule has 1 aromatic rings. The number of methoxy groups -OCH3 is 2. The Morgan fingerprint density at radius 2 is 1.68 bits per heavy atom. The molecule has 1 rings (SSSR count). The largest absolute Gasteiger partial charge is 0.497 e. The first-order valence-electron chi connectivity index (χ1n) is 9.64. The summed E-state index contributed by atoms with van der Waals surface area (Å²) in [5.41, 5.74) is -0.646. The minimum Gasteiger partial charge on any atom is -0.497 e. The predicted octanol–water partition coefficient (Wildman–Crippen LogP) is 3.71. The van der Waals surface area contributed by atoms with Crippen molar-refractivity contribution in [1.29, 1.82) is 0 Å². The van der Waals surface area contributed by atoms with Gasteiger partial charge in [0, 0.05) is 0 Å². The van der Waals surface area contributed by atoms with E-state index in [0.717, 1.165) is 17.7 Å². The number of ether oxygens (including phenoxy) is 3. The number of carbonyl (C=O) groups is 2. The van der Waals surface area contributed by atoms with E-state index < -0.39 is 16.8 Å². The number of aliphatic hydroxyl groups is 1. The van der Waals surface area contributed by atoms with E-state index >= 15 is 0 Å². The van der Waals surface area contributed by atoms with Crippen LogP contribution in [0.1, 0.15) is 58.4 Å². The molecule has 0 aliphatic rings. The average molecular weight is 395 g/mol. The molecule has 1 aromatic carbocycles. The molecule has 0 radical (unpaired) electrons. The zero-order valence-electron chi connectivity index (χ0n) is 17.9. The highest BCUT2D eigenvalue weighted by Gasteiger charge is 2.44. The van der Waals surface area contributed by atoms with Crippen molar-refractivity contribution in [2.45, 2.75) is 52.9 Å². The Hall–Kier alpha value is -2.08. The Bertz CT molecular complexity index is 637. The Kier molecular flexibility index (Phi) is 8.95. The van der Waals surface area contributed by atoms with Crippen molar-refractivity contribution in [2.24, 2.45) is 10.8 Å². The predicted molar refractivity (Wildman–Crippen MR) is 107 cm³/mol. The summed E-state index contributed by atoms with van der Waals surface area (Å²) in [6, 6.07) is 7.82. The number of hydrogen-bond donors (Lipinski definition) is 1. The minimum atomic E-state index is -0.893. The van der Waals surface area contributed by atoms with Crippen LogP contribution in [0.2, 0.25) is 0 Å². The van der Waals surface area contributed by atoms with Crippen molar-refractivity contribution in [3.8, 4) is 5.75 Å². The van der Waals surface area contributed by atoms with Gasteiger partial charge in [-0.2, -0.15) is 0 Å². The molecule has 158 valence electrons. The molecule has 0 amide bonds. The van der Waals surface area contributed by atoms with Crippen LogP contribution in [0, 0.1) is 10.8 Å². The zero-order valence-corrected chi connectivity index (χ0v) is 17.9. The second-order valence-electron chi connectivity index (χ2n) is 8.05. The van der Waals surface area contributed by atoms with Crippen LogP contribution in [0.5, 0.6) is 5.75 Å².